The minimum atomic E-state index is -4.75. The number of hydroxylamine groups is 1. The number of halogens is 3. The Morgan fingerprint density at radius 1 is 1.38 bits per heavy atom. The van der Waals surface area contributed by atoms with Crippen LogP contribution in [0.3, 0.4) is 0 Å². The van der Waals surface area contributed by atoms with Crippen molar-refractivity contribution in [1.82, 2.24) is 10.0 Å². The van der Waals surface area contributed by atoms with Gasteiger partial charge in [-0.05, 0) is 30.9 Å². The van der Waals surface area contributed by atoms with Gasteiger partial charge in [-0.1, -0.05) is 0 Å². The van der Waals surface area contributed by atoms with E-state index in [0.717, 1.165) is 12.5 Å². The van der Waals surface area contributed by atoms with Crippen LogP contribution in [0.5, 0.6) is 5.75 Å². The van der Waals surface area contributed by atoms with Crippen molar-refractivity contribution < 1.29 is 44.2 Å². The summed E-state index contributed by atoms with van der Waals surface area (Å²) in [4.78, 5) is 0. The second-order valence-electron chi connectivity index (χ2n) is 5.57. The van der Waals surface area contributed by atoms with Gasteiger partial charge >= 0.3 is 6.36 Å². The molecule has 1 fully saturated rings. The first-order valence-electron chi connectivity index (χ1n) is 7.54. The van der Waals surface area contributed by atoms with E-state index in [0.29, 0.717) is 17.0 Å². The zero-order valence-corrected chi connectivity index (χ0v) is 16.8. The van der Waals surface area contributed by atoms with E-state index in [1.54, 1.807) is 29.8 Å². The topological polar surface area (TPSA) is 70.2 Å². The molecule has 0 saturated heterocycles. The minimum absolute atomic E-state index is 0. The SMILES string of the molecule is Cn1c(C#N)ccc1-c1cc[c-]c(OC(F)(F)F)c1.ONCC1CC1.[W]. The molecule has 140 valence electrons. The van der Waals surface area contributed by atoms with E-state index in [1.807, 2.05) is 6.07 Å². The number of aromatic nitrogens is 1. The van der Waals surface area contributed by atoms with E-state index in [1.165, 1.54) is 25.0 Å². The summed E-state index contributed by atoms with van der Waals surface area (Å²) >= 11 is 0. The van der Waals surface area contributed by atoms with Crippen LogP contribution in [0, 0.1) is 23.3 Å². The Bertz CT molecular complexity index is 752. The third-order valence-corrected chi connectivity index (χ3v) is 3.61. The van der Waals surface area contributed by atoms with Crippen LogP contribution in [0.4, 0.5) is 13.2 Å². The van der Waals surface area contributed by atoms with Crippen molar-refractivity contribution >= 4 is 0 Å². The van der Waals surface area contributed by atoms with Gasteiger partial charge in [0.05, 0.1) is 0 Å². The van der Waals surface area contributed by atoms with Gasteiger partial charge < -0.3 is 14.5 Å². The zero-order chi connectivity index (χ0) is 18.4. The van der Waals surface area contributed by atoms with Gasteiger partial charge in [-0.3, -0.25) is 0 Å². The predicted octanol–water partition coefficient (Wildman–Crippen LogP) is 3.64. The molecule has 1 saturated carbocycles. The van der Waals surface area contributed by atoms with Crippen molar-refractivity contribution in [3.05, 3.63) is 42.1 Å². The standard InChI is InChI=1S/C13H8F3N2O.C4H9NO.W/c1-18-10(8-17)5-6-12(18)9-3-2-4-11(7-9)19-13(14,15)16;6-5-3-4-1-2-4;/h2-3,5-7H,1H3;4-6H,1-3H2;/q-1;;. The second kappa shape index (κ2) is 9.77. The summed E-state index contributed by atoms with van der Waals surface area (Å²) in [6.07, 6.45) is -2.15. The van der Waals surface area contributed by atoms with Crippen LogP contribution in [0.1, 0.15) is 18.5 Å². The molecule has 0 radical (unpaired) electrons. The van der Waals surface area contributed by atoms with E-state index in [-0.39, 0.29) is 21.1 Å². The number of ether oxygens (including phenoxy) is 1. The van der Waals surface area contributed by atoms with Crippen LogP contribution in [0.25, 0.3) is 11.3 Å². The fraction of sp³-hybridized carbons (Fsp3) is 0.353. The Morgan fingerprint density at radius 2 is 2.08 bits per heavy atom. The maximum absolute atomic E-state index is 12.1. The van der Waals surface area contributed by atoms with E-state index < -0.39 is 12.1 Å². The van der Waals surface area contributed by atoms with Crippen molar-refractivity contribution in [1.29, 1.82) is 5.26 Å². The molecule has 0 amide bonds. The molecule has 0 unspecified atom stereocenters. The Kier molecular flexibility index (Phi) is 8.35. The van der Waals surface area contributed by atoms with Crippen LogP contribution < -0.4 is 10.2 Å². The first-order chi connectivity index (χ1) is 11.8. The number of hydrogen-bond acceptors (Lipinski definition) is 4. The van der Waals surface area contributed by atoms with Crippen LogP contribution >= 0.6 is 0 Å². The molecule has 26 heavy (non-hydrogen) atoms. The molecule has 1 aromatic heterocycles. The van der Waals surface area contributed by atoms with Gasteiger partial charge in [0.2, 0.25) is 0 Å². The molecule has 0 spiro atoms. The molecule has 2 N–H and O–H groups in total. The second-order valence-corrected chi connectivity index (χ2v) is 5.57. The normalized spacial score (nSPS) is 13.1. The number of hydrogen-bond donors (Lipinski definition) is 2. The average molecular weight is 536 g/mol. The molecule has 0 atom stereocenters. The molecule has 1 aromatic carbocycles. The fourth-order valence-corrected chi connectivity index (χ4v) is 2.15. The van der Waals surface area contributed by atoms with Gasteiger partial charge in [0, 0.05) is 46.1 Å². The van der Waals surface area contributed by atoms with Crippen LogP contribution in [0.2, 0.25) is 0 Å². The Labute approximate surface area is 163 Å². The molecule has 2 aromatic rings. The maximum Gasteiger partial charge on any atom is 0.571 e. The molecule has 1 aliphatic carbocycles. The van der Waals surface area contributed by atoms with Crippen molar-refractivity contribution in [3.63, 3.8) is 0 Å². The Hall–Kier alpha value is -1.81. The number of rotatable bonds is 4. The van der Waals surface area contributed by atoms with Crippen LogP contribution in [-0.2, 0) is 28.1 Å². The van der Waals surface area contributed by atoms with Crippen molar-refractivity contribution in [3.8, 4) is 23.1 Å². The van der Waals surface area contributed by atoms with E-state index in [4.69, 9.17) is 10.5 Å². The molecule has 0 bridgehead atoms. The first-order valence-corrected chi connectivity index (χ1v) is 7.54. The van der Waals surface area contributed by atoms with Gasteiger partial charge in [-0.15, -0.1) is 30.9 Å². The third-order valence-electron chi connectivity index (χ3n) is 3.61. The smallest absolute Gasteiger partial charge is 0.433 e. The number of benzene rings is 1. The van der Waals surface area contributed by atoms with Crippen molar-refractivity contribution in [2.45, 2.75) is 19.2 Å². The quantitative estimate of drug-likeness (QED) is 0.463. The number of nitriles is 1. The van der Waals surface area contributed by atoms with Crippen LogP contribution in [0.15, 0.2) is 30.3 Å². The Morgan fingerprint density at radius 3 is 2.54 bits per heavy atom. The van der Waals surface area contributed by atoms with Gasteiger partial charge in [-0.25, -0.2) is 5.48 Å². The average Bonchev–Trinajstić information content (AvgIpc) is 3.27. The summed E-state index contributed by atoms with van der Waals surface area (Å²) in [5.41, 5.74) is 3.69. The first kappa shape index (κ1) is 22.2. The van der Waals surface area contributed by atoms with E-state index in [9.17, 15) is 13.2 Å². The summed E-state index contributed by atoms with van der Waals surface area (Å²) in [5.74, 6) is 0.375. The third kappa shape index (κ3) is 6.83. The summed E-state index contributed by atoms with van der Waals surface area (Å²) in [7, 11) is 1.66. The van der Waals surface area contributed by atoms with Crippen molar-refractivity contribution in [2.75, 3.05) is 6.54 Å². The predicted molar refractivity (Wildman–Crippen MR) is 83.6 cm³/mol. The molecule has 1 aliphatic rings. The molecular weight excluding hydrogens is 519 g/mol. The molecule has 9 heteroatoms. The molecule has 1 heterocycles. The summed E-state index contributed by atoms with van der Waals surface area (Å²) in [5, 5.41) is 16.9. The molecule has 0 aliphatic heterocycles. The zero-order valence-electron chi connectivity index (χ0n) is 13.9. The summed E-state index contributed by atoms with van der Waals surface area (Å²) in [6, 6.07) is 11.8. The molecular formula is C17H17F3N3O2W-. The minimum Gasteiger partial charge on any atom is -0.433 e. The summed E-state index contributed by atoms with van der Waals surface area (Å²) < 4.78 is 41.8. The van der Waals surface area contributed by atoms with Gasteiger partial charge in [0.1, 0.15) is 11.8 Å². The maximum atomic E-state index is 12.1. The fourth-order valence-electron chi connectivity index (χ4n) is 2.15. The summed E-state index contributed by atoms with van der Waals surface area (Å²) in [6.45, 7) is 0.792. The monoisotopic (exact) mass is 536 g/mol. The van der Waals surface area contributed by atoms with E-state index in [2.05, 4.69) is 16.3 Å². The molecule has 5 nitrogen and oxygen atoms in total. The molecule has 3 rings (SSSR count). The Balaban J connectivity index is 0.000000410. The largest absolute Gasteiger partial charge is 0.571 e. The van der Waals surface area contributed by atoms with Gasteiger partial charge in [0.15, 0.2) is 0 Å². The number of nitrogens with zero attached hydrogens (tertiary/aromatic N) is 2. The number of nitrogens with one attached hydrogen (secondary N) is 1. The van der Waals surface area contributed by atoms with E-state index >= 15 is 0 Å². The van der Waals surface area contributed by atoms with Crippen LogP contribution in [-0.4, -0.2) is 22.7 Å². The van der Waals surface area contributed by atoms with Crippen molar-refractivity contribution in [2.24, 2.45) is 13.0 Å². The van der Waals surface area contributed by atoms with Gasteiger partial charge in [0.25, 0.3) is 0 Å². The number of alkyl halides is 3. The van der Waals surface area contributed by atoms with Gasteiger partial charge in [-0.2, -0.15) is 17.4 Å².